The number of rotatable bonds is 0. The molecule has 1 heterocycles. The van der Waals surface area contributed by atoms with Gasteiger partial charge in [-0.1, -0.05) is 12.8 Å². The van der Waals surface area contributed by atoms with E-state index < -0.39 is 0 Å². The molecule has 0 spiro atoms. The molecule has 0 aromatic heterocycles. The molecule has 0 aromatic rings. The molecule has 2 heteroatoms. The molecule has 2 fully saturated rings. The molecule has 2 nitrogen and oxygen atoms in total. The largest absolute Gasteiger partial charge is 0.375 e. The molecule has 0 N–H and O–H groups in total. The SMILES string of the molecule is CN1CCOC2CCCCC21. The van der Waals surface area contributed by atoms with Crippen LogP contribution >= 0.6 is 0 Å². The summed E-state index contributed by atoms with van der Waals surface area (Å²) >= 11 is 0. The third-order valence-electron chi connectivity index (χ3n) is 3.01. The van der Waals surface area contributed by atoms with Gasteiger partial charge in [0, 0.05) is 12.6 Å². The van der Waals surface area contributed by atoms with Crippen molar-refractivity contribution in [3.05, 3.63) is 0 Å². The second-order valence-electron chi connectivity index (χ2n) is 3.74. The molecule has 64 valence electrons. The summed E-state index contributed by atoms with van der Waals surface area (Å²) < 4.78 is 5.71. The third kappa shape index (κ3) is 1.42. The molecule has 1 saturated heterocycles. The topological polar surface area (TPSA) is 12.5 Å². The Bertz CT molecular complexity index is 136. The molecule has 2 aliphatic rings. The minimum Gasteiger partial charge on any atom is -0.375 e. The zero-order chi connectivity index (χ0) is 7.68. The average Bonchev–Trinajstić information content (AvgIpc) is 2.06. The molecule has 2 unspecified atom stereocenters. The van der Waals surface area contributed by atoms with E-state index in [4.69, 9.17) is 4.74 Å². The van der Waals surface area contributed by atoms with Crippen molar-refractivity contribution >= 4 is 0 Å². The van der Waals surface area contributed by atoms with Crippen molar-refractivity contribution in [3.63, 3.8) is 0 Å². The maximum Gasteiger partial charge on any atom is 0.0730 e. The van der Waals surface area contributed by atoms with E-state index in [0.29, 0.717) is 6.10 Å². The van der Waals surface area contributed by atoms with Crippen molar-refractivity contribution < 1.29 is 4.74 Å². The van der Waals surface area contributed by atoms with Gasteiger partial charge in [-0.25, -0.2) is 0 Å². The molecule has 1 saturated carbocycles. The highest BCUT2D eigenvalue weighted by atomic mass is 16.5. The minimum atomic E-state index is 0.558. The van der Waals surface area contributed by atoms with Crippen LogP contribution in [0.15, 0.2) is 0 Å². The Kier molecular flexibility index (Phi) is 2.14. The van der Waals surface area contributed by atoms with Gasteiger partial charge in [0.05, 0.1) is 12.7 Å². The maximum absolute atomic E-state index is 5.71. The summed E-state index contributed by atoms with van der Waals surface area (Å²) in [4.78, 5) is 2.47. The first-order valence-corrected chi connectivity index (χ1v) is 4.70. The van der Waals surface area contributed by atoms with E-state index in [1.54, 1.807) is 0 Å². The number of fused-ring (bicyclic) bond motifs is 1. The van der Waals surface area contributed by atoms with E-state index in [1.165, 1.54) is 25.7 Å². The number of hydrogen-bond donors (Lipinski definition) is 0. The lowest BCUT2D eigenvalue weighted by Crippen LogP contribution is -2.50. The van der Waals surface area contributed by atoms with Crippen molar-refractivity contribution in [1.29, 1.82) is 0 Å². The summed E-state index contributed by atoms with van der Waals surface area (Å²) in [6.45, 7) is 2.07. The van der Waals surface area contributed by atoms with E-state index in [0.717, 1.165) is 19.2 Å². The first-order valence-electron chi connectivity index (χ1n) is 4.70. The van der Waals surface area contributed by atoms with Crippen LogP contribution in [0, 0.1) is 0 Å². The molecule has 0 bridgehead atoms. The van der Waals surface area contributed by atoms with Gasteiger partial charge in [-0.2, -0.15) is 0 Å². The second kappa shape index (κ2) is 3.11. The summed E-state index contributed by atoms with van der Waals surface area (Å²) in [7, 11) is 2.23. The monoisotopic (exact) mass is 155 g/mol. The zero-order valence-electron chi connectivity index (χ0n) is 7.25. The van der Waals surface area contributed by atoms with Crippen molar-refractivity contribution in [2.24, 2.45) is 0 Å². The van der Waals surface area contributed by atoms with Crippen LogP contribution in [0.2, 0.25) is 0 Å². The molecule has 1 aliphatic carbocycles. The molecule has 1 aliphatic heterocycles. The van der Waals surface area contributed by atoms with Crippen LogP contribution < -0.4 is 0 Å². The molecule has 0 amide bonds. The summed E-state index contributed by atoms with van der Waals surface area (Å²) in [5, 5.41) is 0. The molecule has 0 aromatic carbocycles. The summed E-state index contributed by atoms with van der Waals surface area (Å²) in [5.41, 5.74) is 0. The fourth-order valence-electron chi connectivity index (χ4n) is 2.29. The highest BCUT2D eigenvalue weighted by molar-refractivity contribution is 4.85. The van der Waals surface area contributed by atoms with Gasteiger partial charge in [0.25, 0.3) is 0 Å². The normalized spacial score (nSPS) is 40.1. The molecule has 0 radical (unpaired) electrons. The highest BCUT2D eigenvalue weighted by Gasteiger charge is 2.31. The van der Waals surface area contributed by atoms with E-state index in [9.17, 15) is 0 Å². The van der Waals surface area contributed by atoms with Crippen LogP contribution in [0.4, 0.5) is 0 Å². The van der Waals surface area contributed by atoms with Crippen LogP contribution in [-0.4, -0.2) is 37.2 Å². The number of ether oxygens (including phenoxy) is 1. The molecule has 2 rings (SSSR count). The lowest BCUT2D eigenvalue weighted by molar-refractivity contribution is -0.0788. The Morgan fingerprint density at radius 3 is 2.91 bits per heavy atom. The Labute approximate surface area is 68.5 Å². The fraction of sp³-hybridized carbons (Fsp3) is 1.00. The maximum atomic E-state index is 5.71. The van der Waals surface area contributed by atoms with Gasteiger partial charge in [0.15, 0.2) is 0 Å². The van der Waals surface area contributed by atoms with Gasteiger partial charge < -0.3 is 4.74 Å². The summed E-state index contributed by atoms with van der Waals surface area (Å²) in [6, 6.07) is 0.734. The third-order valence-corrected chi connectivity index (χ3v) is 3.01. The van der Waals surface area contributed by atoms with E-state index in [-0.39, 0.29) is 0 Å². The second-order valence-corrected chi connectivity index (χ2v) is 3.74. The minimum absolute atomic E-state index is 0.558. The number of hydrogen-bond acceptors (Lipinski definition) is 2. The quantitative estimate of drug-likeness (QED) is 0.522. The molecular formula is C9H17NO. The van der Waals surface area contributed by atoms with Crippen LogP contribution in [0.3, 0.4) is 0 Å². The lowest BCUT2D eigenvalue weighted by atomic mass is 9.90. The lowest BCUT2D eigenvalue weighted by Gasteiger charge is -2.41. The molecule has 11 heavy (non-hydrogen) atoms. The zero-order valence-corrected chi connectivity index (χ0v) is 7.25. The van der Waals surface area contributed by atoms with Gasteiger partial charge in [0.2, 0.25) is 0 Å². The van der Waals surface area contributed by atoms with Crippen molar-refractivity contribution in [2.75, 3.05) is 20.2 Å². The van der Waals surface area contributed by atoms with Gasteiger partial charge in [-0.3, -0.25) is 4.90 Å². The van der Waals surface area contributed by atoms with Crippen LogP contribution in [0.25, 0.3) is 0 Å². The van der Waals surface area contributed by atoms with Crippen LogP contribution in [0.5, 0.6) is 0 Å². The van der Waals surface area contributed by atoms with Crippen molar-refractivity contribution in [1.82, 2.24) is 4.90 Å². The standard InChI is InChI=1S/C9H17NO/c1-10-6-7-11-9-5-3-2-4-8(9)10/h8-9H,2-7H2,1H3. The predicted molar refractivity (Wildman–Crippen MR) is 44.6 cm³/mol. The predicted octanol–water partition coefficient (Wildman–Crippen LogP) is 1.26. The highest BCUT2D eigenvalue weighted by Crippen LogP contribution is 2.26. The van der Waals surface area contributed by atoms with Gasteiger partial charge in [0.1, 0.15) is 0 Å². The number of likely N-dealkylation sites (N-methyl/N-ethyl adjacent to an activating group) is 1. The first kappa shape index (κ1) is 7.56. The smallest absolute Gasteiger partial charge is 0.0730 e. The van der Waals surface area contributed by atoms with Gasteiger partial charge in [-0.15, -0.1) is 0 Å². The number of nitrogens with zero attached hydrogens (tertiary/aromatic N) is 1. The Morgan fingerprint density at radius 2 is 2.09 bits per heavy atom. The van der Waals surface area contributed by atoms with Crippen molar-refractivity contribution in [2.45, 2.75) is 37.8 Å². The van der Waals surface area contributed by atoms with Gasteiger partial charge >= 0.3 is 0 Å². The first-order chi connectivity index (χ1) is 5.38. The number of morpholine rings is 1. The van der Waals surface area contributed by atoms with E-state index in [2.05, 4.69) is 11.9 Å². The fourth-order valence-corrected chi connectivity index (χ4v) is 2.29. The Balaban J connectivity index is 1.99. The molecular weight excluding hydrogens is 138 g/mol. The van der Waals surface area contributed by atoms with Gasteiger partial charge in [-0.05, 0) is 19.9 Å². The van der Waals surface area contributed by atoms with E-state index in [1.807, 2.05) is 0 Å². The van der Waals surface area contributed by atoms with Crippen molar-refractivity contribution in [3.8, 4) is 0 Å². The average molecular weight is 155 g/mol. The molecule has 2 atom stereocenters. The summed E-state index contributed by atoms with van der Waals surface area (Å²) in [6.07, 6.45) is 5.96. The van der Waals surface area contributed by atoms with Crippen LogP contribution in [0.1, 0.15) is 25.7 Å². The van der Waals surface area contributed by atoms with E-state index >= 15 is 0 Å². The van der Waals surface area contributed by atoms with Crippen LogP contribution in [-0.2, 0) is 4.74 Å². The Hall–Kier alpha value is -0.0800. The summed E-state index contributed by atoms with van der Waals surface area (Å²) in [5.74, 6) is 0. The Morgan fingerprint density at radius 1 is 1.27 bits per heavy atom.